The Bertz CT molecular complexity index is 1290. The third kappa shape index (κ3) is 6.48. The van der Waals surface area contributed by atoms with Gasteiger partial charge in [-0.15, -0.1) is 0 Å². The van der Waals surface area contributed by atoms with Crippen molar-refractivity contribution >= 4 is 17.4 Å². The Morgan fingerprint density at radius 3 is 2.76 bits per heavy atom. The van der Waals surface area contributed by atoms with Gasteiger partial charge in [-0.2, -0.15) is 15.2 Å². The molecule has 0 saturated carbocycles. The third-order valence-corrected chi connectivity index (χ3v) is 8.79. The fraction of sp³-hybridized carbons (Fsp3) is 0.562. The van der Waals surface area contributed by atoms with E-state index in [1.807, 2.05) is 0 Å². The SMILES string of the molecule is C=CC(=O)N1CCN(c2nc(OC[C@@H]3CCCN3C)nc3c2CCCN(c2cccc(C(C)C)c2)C3)C[C@@H]1CC#N. The van der Waals surface area contributed by atoms with Crippen LogP contribution in [0.25, 0.3) is 0 Å². The molecule has 1 amide bonds. The number of fused-ring (bicyclic) bond motifs is 1. The number of hydrogen-bond acceptors (Lipinski definition) is 8. The molecule has 2 fully saturated rings. The molecule has 9 heteroatoms. The summed E-state index contributed by atoms with van der Waals surface area (Å²) in [7, 11) is 2.15. The van der Waals surface area contributed by atoms with Gasteiger partial charge < -0.3 is 24.3 Å². The lowest BCUT2D eigenvalue weighted by molar-refractivity contribution is -0.128. The van der Waals surface area contributed by atoms with E-state index in [0.29, 0.717) is 50.8 Å². The summed E-state index contributed by atoms with van der Waals surface area (Å²) in [4.78, 5) is 31.3. The van der Waals surface area contributed by atoms with E-state index in [9.17, 15) is 10.1 Å². The lowest BCUT2D eigenvalue weighted by Gasteiger charge is -2.41. The number of hydrogen-bond donors (Lipinski definition) is 0. The molecule has 1 aromatic heterocycles. The first-order valence-electron chi connectivity index (χ1n) is 15.0. The topological polar surface area (TPSA) is 88.8 Å². The molecule has 2 atom stereocenters. The summed E-state index contributed by atoms with van der Waals surface area (Å²) in [6.45, 7) is 13.1. The van der Waals surface area contributed by atoms with E-state index >= 15 is 0 Å². The second kappa shape index (κ2) is 12.9. The highest BCUT2D eigenvalue weighted by molar-refractivity contribution is 5.87. The predicted molar refractivity (Wildman–Crippen MR) is 161 cm³/mol. The fourth-order valence-electron chi connectivity index (χ4n) is 6.31. The van der Waals surface area contributed by atoms with Crippen molar-refractivity contribution in [1.82, 2.24) is 19.8 Å². The van der Waals surface area contributed by atoms with Crippen molar-refractivity contribution in [2.45, 2.75) is 70.5 Å². The van der Waals surface area contributed by atoms with Crippen molar-refractivity contribution in [3.05, 3.63) is 53.7 Å². The van der Waals surface area contributed by atoms with Crippen LogP contribution in [0.15, 0.2) is 36.9 Å². The number of aromatic nitrogens is 2. The monoisotopic (exact) mass is 557 g/mol. The summed E-state index contributed by atoms with van der Waals surface area (Å²) in [6.07, 6.45) is 5.75. The number of amides is 1. The number of ether oxygens (including phenoxy) is 1. The van der Waals surface area contributed by atoms with Gasteiger partial charge >= 0.3 is 6.01 Å². The van der Waals surface area contributed by atoms with Crippen LogP contribution in [0.3, 0.4) is 0 Å². The van der Waals surface area contributed by atoms with Crippen LogP contribution in [0.1, 0.15) is 62.3 Å². The molecule has 0 radical (unpaired) electrons. The molecule has 4 heterocycles. The lowest BCUT2D eigenvalue weighted by Crippen LogP contribution is -2.55. The van der Waals surface area contributed by atoms with Crippen LogP contribution in [-0.4, -0.2) is 84.1 Å². The van der Waals surface area contributed by atoms with Gasteiger partial charge in [0.2, 0.25) is 5.91 Å². The first-order chi connectivity index (χ1) is 19.9. The smallest absolute Gasteiger partial charge is 0.318 e. The van der Waals surface area contributed by atoms with Gasteiger partial charge in [-0.3, -0.25) is 4.79 Å². The number of carbonyl (C=O) groups excluding carboxylic acids is 1. The zero-order valence-corrected chi connectivity index (χ0v) is 24.8. The van der Waals surface area contributed by atoms with Crippen LogP contribution < -0.4 is 14.5 Å². The van der Waals surface area contributed by atoms with Crippen LogP contribution in [-0.2, 0) is 17.8 Å². The van der Waals surface area contributed by atoms with Crippen molar-refractivity contribution < 1.29 is 9.53 Å². The number of likely N-dealkylation sites (N-methyl/N-ethyl adjacent to an activating group) is 1. The van der Waals surface area contributed by atoms with E-state index in [4.69, 9.17) is 14.7 Å². The summed E-state index contributed by atoms with van der Waals surface area (Å²) in [5.41, 5.74) is 4.69. The van der Waals surface area contributed by atoms with E-state index in [1.165, 1.54) is 23.7 Å². The molecule has 1 aromatic carbocycles. The average molecular weight is 558 g/mol. The lowest BCUT2D eigenvalue weighted by atomic mass is 10.0. The van der Waals surface area contributed by atoms with Crippen LogP contribution in [0.4, 0.5) is 11.5 Å². The van der Waals surface area contributed by atoms with E-state index in [-0.39, 0.29) is 18.4 Å². The van der Waals surface area contributed by atoms with Crippen LogP contribution >= 0.6 is 0 Å². The maximum absolute atomic E-state index is 12.5. The van der Waals surface area contributed by atoms with Gasteiger partial charge in [-0.25, -0.2) is 0 Å². The van der Waals surface area contributed by atoms with Crippen molar-refractivity contribution in [3.8, 4) is 12.1 Å². The summed E-state index contributed by atoms with van der Waals surface area (Å²) < 4.78 is 6.30. The van der Waals surface area contributed by atoms with Crippen molar-refractivity contribution in [3.63, 3.8) is 0 Å². The van der Waals surface area contributed by atoms with E-state index in [2.05, 4.69) is 72.5 Å². The van der Waals surface area contributed by atoms with E-state index < -0.39 is 0 Å². The number of likely N-dealkylation sites (tertiary alicyclic amines) is 1. The number of anilines is 2. The van der Waals surface area contributed by atoms with Crippen molar-refractivity contribution in [2.24, 2.45) is 0 Å². The minimum absolute atomic E-state index is 0.129. The number of benzene rings is 1. The van der Waals surface area contributed by atoms with Gasteiger partial charge in [0.25, 0.3) is 0 Å². The van der Waals surface area contributed by atoms with Gasteiger partial charge in [-0.05, 0) is 69.0 Å². The molecule has 2 saturated heterocycles. The van der Waals surface area contributed by atoms with Gasteiger partial charge in [0.15, 0.2) is 0 Å². The summed E-state index contributed by atoms with van der Waals surface area (Å²) in [5.74, 6) is 1.22. The Labute approximate surface area is 244 Å². The van der Waals surface area contributed by atoms with Crippen LogP contribution in [0.5, 0.6) is 6.01 Å². The Morgan fingerprint density at radius 1 is 1.17 bits per heavy atom. The van der Waals surface area contributed by atoms with Gasteiger partial charge in [0.1, 0.15) is 12.4 Å². The predicted octanol–water partition coefficient (Wildman–Crippen LogP) is 4.14. The Kier molecular flexibility index (Phi) is 9.09. The molecule has 0 N–H and O–H groups in total. The fourth-order valence-corrected chi connectivity index (χ4v) is 6.31. The normalized spacial score (nSPS) is 21.4. The number of nitriles is 1. The maximum atomic E-state index is 12.5. The molecule has 218 valence electrons. The zero-order valence-electron chi connectivity index (χ0n) is 24.8. The second-order valence-electron chi connectivity index (χ2n) is 11.8. The Hall–Kier alpha value is -3.64. The third-order valence-electron chi connectivity index (χ3n) is 8.79. The molecule has 5 rings (SSSR count). The second-order valence-corrected chi connectivity index (χ2v) is 11.8. The molecule has 2 aromatic rings. The molecular formula is C32H43N7O2. The van der Waals surface area contributed by atoms with Gasteiger partial charge in [0.05, 0.1) is 30.8 Å². The van der Waals surface area contributed by atoms with Crippen molar-refractivity contribution in [1.29, 1.82) is 5.26 Å². The Balaban J connectivity index is 1.47. The number of nitrogens with zero attached hydrogens (tertiary/aromatic N) is 7. The maximum Gasteiger partial charge on any atom is 0.318 e. The molecular weight excluding hydrogens is 514 g/mol. The minimum Gasteiger partial charge on any atom is -0.462 e. The first kappa shape index (κ1) is 28.9. The molecule has 9 nitrogen and oxygen atoms in total. The molecule has 41 heavy (non-hydrogen) atoms. The van der Waals surface area contributed by atoms with E-state index in [1.54, 1.807) is 4.90 Å². The zero-order chi connectivity index (χ0) is 28.9. The van der Waals surface area contributed by atoms with Gasteiger partial charge in [-0.1, -0.05) is 32.6 Å². The van der Waals surface area contributed by atoms with Crippen LogP contribution in [0.2, 0.25) is 0 Å². The largest absolute Gasteiger partial charge is 0.462 e. The van der Waals surface area contributed by atoms with Crippen molar-refractivity contribution in [2.75, 3.05) is 56.2 Å². The molecule has 0 aliphatic carbocycles. The molecule has 0 bridgehead atoms. The average Bonchev–Trinajstić information content (AvgIpc) is 3.27. The molecule has 3 aliphatic rings. The molecule has 0 unspecified atom stereocenters. The molecule has 3 aliphatic heterocycles. The van der Waals surface area contributed by atoms with Crippen LogP contribution in [0, 0.1) is 11.3 Å². The summed E-state index contributed by atoms with van der Waals surface area (Å²) in [6, 6.07) is 11.7. The number of piperazine rings is 1. The van der Waals surface area contributed by atoms with Gasteiger partial charge in [0, 0.05) is 43.5 Å². The number of carbonyl (C=O) groups is 1. The summed E-state index contributed by atoms with van der Waals surface area (Å²) >= 11 is 0. The molecule has 0 spiro atoms. The highest BCUT2D eigenvalue weighted by Crippen LogP contribution is 2.33. The highest BCUT2D eigenvalue weighted by atomic mass is 16.5. The standard InChI is InChI=1S/C32H43N7O2/c1-5-30(40)39-18-17-38(20-26(39)13-14-33)31-28-12-8-16-37(25-10-6-9-24(19-25)23(2)3)21-29(28)34-32(35-31)41-22-27-11-7-15-36(27)4/h5-6,9-10,19,23,26-27H,1,7-8,11-13,15-18,20-22H2,2-4H3/t26-,27-/m0/s1. The van der Waals surface area contributed by atoms with E-state index in [0.717, 1.165) is 49.4 Å². The number of rotatable bonds is 8. The highest BCUT2D eigenvalue weighted by Gasteiger charge is 2.33. The summed E-state index contributed by atoms with van der Waals surface area (Å²) in [5, 5.41) is 9.52. The minimum atomic E-state index is -0.220. The first-order valence-corrected chi connectivity index (χ1v) is 15.0. The Morgan fingerprint density at radius 2 is 2.02 bits per heavy atom. The quantitative estimate of drug-likeness (QED) is 0.448.